The van der Waals surface area contributed by atoms with Crippen LogP contribution >= 0.6 is 0 Å². The molecular weight excluding hydrogens is 206 g/mol. The van der Waals surface area contributed by atoms with Crippen molar-refractivity contribution in [1.82, 2.24) is 0 Å². The molecule has 0 fully saturated rings. The topological polar surface area (TPSA) is 26.0 Å². The molecule has 0 saturated carbocycles. The Bertz CT molecular complexity index is 533. The summed E-state index contributed by atoms with van der Waals surface area (Å²) in [7, 11) is 0. The fourth-order valence-electron chi connectivity index (χ4n) is 2.73. The molecule has 0 amide bonds. The van der Waals surface area contributed by atoms with E-state index in [0.29, 0.717) is 5.92 Å². The molecule has 1 aromatic rings. The van der Waals surface area contributed by atoms with E-state index in [1.807, 2.05) is 0 Å². The molecule has 0 aromatic heterocycles. The van der Waals surface area contributed by atoms with Gasteiger partial charge in [0.1, 0.15) is 0 Å². The molecule has 2 rings (SSSR count). The van der Waals surface area contributed by atoms with E-state index in [-0.39, 0.29) is 0 Å². The molecule has 1 unspecified atom stereocenters. The smallest absolute Gasteiger partial charge is 0.0423 e. The number of allylic oxidation sites excluding steroid dienone is 4. The summed E-state index contributed by atoms with van der Waals surface area (Å²) in [5, 5.41) is 0. The third kappa shape index (κ3) is 1.90. The van der Waals surface area contributed by atoms with Gasteiger partial charge < -0.3 is 5.73 Å². The van der Waals surface area contributed by atoms with E-state index in [9.17, 15) is 0 Å². The molecule has 1 aliphatic carbocycles. The van der Waals surface area contributed by atoms with Crippen molar-refractivity contribution in [2.24, 2.45) is 5.92 Å². The number of rotatable bonds is 1. The number of nitrogens with two attached hydrogens (primary N) is 1. The first-order valence-corrected chi connectivity index (χ1v) is 6.18. The summed E-state index contributed by atoms with van der Waals surface area (Å²) in [6.45, 7) is 10.8. The predicted molar refractivity (Wildman–Crippen MR) is 75.8 cm³/mol. The van der Waals surface area contributed by atoms with Crippen LogP contribution in [0.1, 0.15) is 37.5 Å². The Morgan fingerprint density at radius 2 is 1.71 bits per heavy atom. The minimum atomic E-state index is 0.533. The highest BCUT2D eigenvalue weighted by molar-refractivity contribution is 5.89. The molecule has 0 bridgehead atoms. The molecule has 17 heavy (non-hydrogen) atoms. The summed E-state index contributed by atoms with van der Waals surface area (Å²) in [5.41, 5.74) is 15.0. The van der Waals surface area contributed by atoms with E-state index in [1.165, 1.54) is 33.4 Å². The zero-order chi connectivity index (χ0) is 12.7. The van der Waals surface area contributed by atoms with Crippen LogP contribution in [0.25, 0.3) is 5.57 Å². The molecule has 2 N–H and O–H groups in total. The lowest BCUT2D eigenvalue weighted by molar-refractivity contribution is 0.882. The van der Waals surface area contributed by atoms with Gasteiger partial charge in [-0.05, 0) is 56.4 Å². The summed E-state index contributed by atoms with van der Waals surface area (Å²) in [4.78, 5) is 0. The van der Waals surface area contributed by atoms with Crippen LogP contribution in [0.4, 0.5) is 5.69 Å². The Hall–Kier alpha value is -1.50. The Morgan fingerprint density at radius 3 is 2.24 bits per heavy atom. The second-order valence-electron chi connectivity index (χ2n) is 5.24. The van der Waals surface area contributed by atoms with Gasteiger partial charge in [0.2, 0.25) is 0 Å². The predicted octanol–water partition coefficient (Wildman–Crippen LogP) is 4.26. The van der Waals surface area contributed by atoms with Gasteiger partial charge in [0, 0.05) is 11.3 Å². The maximum absolute atomic E-state index is 6.24. The molecule has 1 heteroatoms. The van der Waals surface area contributed by atoms with Crippen LogP contribution in [0.3, 0.4) is 0 Å². The van der Waals surface area contributed by atoms with Crippen LogP contribution in [0.2, 0.25) is 0 Å². The molecule has 1 aliphatic rings. The van der Waals surface area contributed by atoms with E-state index in [4.69, 9.17) is 5.73 Å². The first-order valence-electron chi connectivity index (χ1n) is 6.18. The highest BCUT2D eigenvalue weighted by Crippen LogP contribution is 2.40. The van der Waals surface area contributed by atoms with Crippen LogP contribution in [-0.4, -0.2) is 0 Å². The summed E-state index contributed by atoms with van der Waals surface area (Å²) in [5.74, 6) is 0.533. The van der Waals surface area contributed by atoms with Crippen molar-refractivity contribution >= 4 is 11.3 Å². The molecule has 1 aromatic carbocycles. The second-order valence-corrected chi connectivity index (χ2v) is 5.24. The van der Waals surface area contributed by atoms with Crippen LogP contribution in [0.5, 0.6) is 0 Å². The number of aryl methyl sites for hydroxylation is 2. The van der Waals surface area contributed by atoms with Gasteiger partial charge in [-0.2, -0.15) is 0 Å². The Labute approximate surface area is 104 Å². The zero-order valence-electron chi connectivity index (χ0n) is 11.4. The summed E-state index contributed by atoms with van der Waals surface area (Å²) in [6.07, 6.45) is 2.32. The molecule has 0 radical (unpaired) electrons. The van der Waals surface area contributed by atoms with Gasteiger partial charge >= 0.3 is 0 Å². The van der Waals surface area contributed by atoms with Crippen LogP contribution in [0, 0.1) is 19.8 Å². The van der Waals surface area contributed by atoms with E-state index >= 15 is 0 Å². The number of nitrogen functional groups attached to an aromatic ring is 1. The normalized spacial score (nSPS) is 19.8. The monoisotopic (exact) mass is 227 g/mol. The fourth-order valence-corrected chi connectivity index (χ4v) is 2.73. The van der Waals surface area contributed by atoms with E-state index < -0.39 is 0 Å². The van der Waals surface area contributed by atoms with Crippen molar-refractivity contribution < 1.29 is 0 Å². The number of anilines is 1. The maximum Gasteiger partial charge on any atom is 0.0423 e. The van der Waals surface area contributed by atoms with E-state index in [0.717, 1.165) is 5.69 Å². The third-order valence-electron chi connectivity index (χ3n) is 3.77. The lowest BCUT2D eigenvalue weighted by Gasteiger charge is -2.14. The Kier molecular flexibility index (Phi) is 2.86. The highest BCUT2D eigenvalue weighted by atomic mass is 14.6. The minimum Gasteiger partial charge on any atom is -0.398 e. The number of hydrogen-bond donors (Lipinski definition) is 1. The number of hydrogen-bond acceptors (Lipinski definition) is 1. The quantitative estimate of drug-likeness (QED) is 0.713. The van der Waals surface area contributed by atoms with Gasteiger partial charge in [0.15, 0.2) is 0 Å². The van der Waals surface area contributed by atoms with Crippen molar-refractivity contribution in [3.63, 3.8) is 0 Å². The lowest BCUT2D eigenvalue weighted by atomic mass is 9.92. The van der Waals surface area contributed by atoms with Crippen LogP contribution < -0.4 is 5.73 Å². The average Bonchev–Trinajstić information content (AvgIpc) is 2.48. The van der Waals surface area contributed by atoms with E-state index in [1.54, 1.807) is 0 Å². The second kappa shape index (κ2) is 4.06. The van der Waals surface area contributed by atoms with Gasteiger partial charge in [-0.15, -0.1) is 0 Å². The minimum absolute atomic E-state index is 0.533. The standard InChI is InChI=1S/C16H21N/c1-9-6-12(4)16(17)14(7-9)15-11(3)8-10(2)13(15)5/h6-8,10H,17H2,1-5H3. The molecular formula is C16H21N. The van der Waals surface area contributed by atoms with Gasteiger partial charge in [-0.1, -0.05) is 30.2 Å². The van der Waals surface area contributed by atoms with Crippen molar-refractivity contribution in [2.75, 3.05) is 5.73 Å². The van der Waals surface area contributed by atoms with Crippen LogP contribution in [-0.2, 0) is 0 Å². The first kappa shape index (κ1) is 12.0. The highest BCUT2D eigenvalue weighted by Gasteiger charge is 2.21. The van der Waals surface area contributed by atoms with Gasteiger partial charge in [0.25, 0.3) is 0 Å². The first-order chi connectivity index (χ1) is 7.91. The molecule has 0 saturated heterocycles. The lowest BCUT2D eigenvalue weighted by Crippen LogP contribution is -1.99. The number of benzene rings is 1. The van der Waals surface area contributed by atoms with Crippen molar-refractivity contribution in [3.8, 4) is 0 Å². The fraction of sp³-hybridized carbons (Fsp3) is 0.375. The van der Waals surface area contributed by atoms with Gasteiger partial charge in [-0.3, -0.25) is 0 Å². The summed E-state index contributed by atoms with van der Waals surface area (Å²) < 4.78 is 0. The molecule has 90 valence electrons. The van der Waals surface area contributed by atoms with Gasteiger partial charge in [-0.25, -0.2) is 0 Å². The van der Waals surface area contributed by atoms with E-state index in [2.05, 4.69) is 52.8 Å². The maximum atomic E-state index is 6.24. The van der Waals surface area contributed by atoms with Crippen molar-refractivity contribution in [3.05, 3.63) is 46.0 Å². The molecule has 1 atom stereocenters. The summed E-state index contributed by atoms with van der Waals surface area (Å²) >= 11 is 0. The summed E-state index contributed by atoms with van der Waals surface area (Å²) in [6, 6.07) is 4.35. The van der Waals surface area contributed by atoms with Crippen molar-refractivity contribution in [1.29, 1.82) is 0 Å². The SMILES string of the molecule is CC1=CC(C)C(C)=C1c1cc(C)cc(C)c1N. The Morgan fingerprint density at radius 1 is 1.06 bits per heavy atom. The van der Waals surface area contributed by atoms with Gasteiger partial charge in [0.05, 0.1) is 0 Å². The molecule has 0 spiro atoms. The van der Waals surface area contributed by atoms with Crippen LogP contribution in [0.15, 0.2) is 29.4 Å². The third-order valence-corrected chi connectivity index (χ3v) is 3.77. The molecule has 0 heterocycles. The molecule has 0 aliphatic heterocycles. The van der Waals surface area contributed by atoms with Crippen molar-refractivity contribution in [2.45, 2.75) is 34.6 Å². The zero-order valence-corrected chi connectivity index (χ0v) is 11.4. The molecule has 1 nitrogen and oxygen atoms in total. The largest absolute Gasteiger partial charge is 0.398 e. The average molecular weight is 227 g/mol. The Balaban J connectivity index is 2.67.